The Balaban J connectivity index is 1.56. The Kier molecular flexibility index (Phi) is 38.7. The van der Waals surface area contributed by atoms with Gasteiger partial charge in [0, 0.05) is 19.4 Å². The predicted molar refractivity (Wildman–Crippen MR) is 277 cm³/mol. The fourth-order valence-electron chi connectivity index (χ4n) is 10.3. The lowest BCUT2D eigenvalue weighted by atomic mass is 9.93. The highest BCUT2D eigenvalue weighted by Gasteiger charge is 2.30. The van der Waals surface area contributed by atoms with Crippen LogP contribution in [-0.2, 0) is 38.1 Å². The number of carbonyl (C=O) groups is 4. The number of esters is 4. The van der Waals surface area contributed by atoms with E-state index in [1.165, 1.54) is 103 Å². The molecule has 0 saturated heterocycles. The highest BCUT2D eigenvalue weighted by atomic mass is 16.6. The molecule has 2 aliphatic rings. The van der Waals surface area contributed by atoms with E-state index in [1.54, 1.807) is 0 Å². The van der Waals surface area contributed by atoms with Gasteiger partial charge in [0.15, 0.2) is 0 Å². The van der Waals surface area contributed by atoms with E-state index in [0.717, 1.165) is 154 Å². The van der Waals surface area contributed by atoms with E-state index >= 15 is 0 Å². The van der Waals surface area contributed by atoms with Crippen LogP contribution in [0.25, 0.3) is 0 Å². The van der Waals surface area contributed by atoms with Crippen LogP contribution >= 0.6 is 0 Å². The number of hydrogen-bond donors (Lipinski definition) is 1. The highest BCUT2D eigenvalue weighted by Crippen LogP contribution is 2.29. The number of rotatable bonds is 44. The Bertz CT molecular complexity index is 1140. The number of aliphatic hydroxyl groups excluding tert-OH is 1. The number of nitrogens with zero attached hydrogens (tertiary/aromatic N) is 1. The molecule has 0 spiro atoms. The summed E-state index contributed by atoms with van der Waals surface area (Å²) in [5.41, 5.74) is 0. The summed E-state index contributed by atoms with van der Waals surface area (Å²) in [5.74, 6) is -0.257. The van der Waals surface area contributed by atoms with Crippen molar-refractivity contribution in [1.82, 2.24) is 4.90 Å². The maximum absolute atomic E-state index is 13.3. The van der Waals surface area contributed by atoms with Crippen LogP contribution in [0.5, 0.6) is 0 Å². The van der Waals surface area contributed by atoms with Crippen LogP contribution < -0.4 is 0 Å². The van der Waals surface area contributed by atoms with Gasteiger partial charge in [-0.2, -0.15) is 0 Å². The number of carbonyl (C=O) groups excluding carboxylic acids is 4. The van der Waals surface area contributed by atoms with Crippen molar-refractivity contribution in [3.63, 3.8) is 0 Å². The largest absolute Gasteiger partial charge is 0.462 e. The van der Waals surface area contributed by atoms with Crippen LogP contribution in [0.4, 0.5) is 0 Å². The summed E-state index contributed by atoms with van der Waals surface area (Å²) in [6.45, 7) is 11.4. The van der Waals surface area contributed by atoms with E-state index in [-0.39, 0.29) is 66.7 Å². The second-order valence-electron chi connectivity index (χ2n) is 21.0. The van der Waals surface area contributed by atoms with Gasteiger partial charge >= 0.3 is 23.9 Å². The average molecular weight is 962 g/mol. The van der Waals surface area contributed by atoms with Crippen LogP contribution in [0, 0.1) is 11.8 Å². The van der Waals surface area contributed by atoms with Crippen LogP contribution in [0.15, 0.2) is 0 Å². The van der Waals surface area contributed by atoms with Crippen molar-refractivity contribution in [2.24, 2.45) is 11.8 Å². The Morgan fingerprint density at radius 1 is 0.382 bits per heavy atom. The van der Waals surface area contributed by atoms with Gasteiger partial charge in [-0.25, -0.2) is 0 Å². The smallest absolute Gasteiger partial charge is 0.309 e. The molecule has 0 aliphatic heterocycles. The third-order valence-electron chi connectivity index (χ3n) is 14.8. The molecule has 2 aliphatic carbocycles. The van der Waals surface area contributed by atoms with Crippen molar-refractivity contribution in [3.8, 4) is 0 Å². The highest BCUT2D eigenvalue weighted by molar-refractivity contribution is 5.73. The molecule has 2 fully saturated rings. The molecule has 2 atom stereocenters. The minimum Gasteiger partial charge on any atom is -0.462 e. The van der Waals surface area contributed by atoms with Crippen LogP contribution in [0.1, 0.15) is 285 Å². The number of unbranched alkanes of at least 4 members (excludes halogenated alkanes) is 20. The molecule has 10 heteroatoms. The van der Waals surface area contributed by atoms with Gasteiger partial charge in [-0.3, -0.25) is 19.2 Å². The Morgan fingerprint density at radius 2 is 0.662 bits per heavy atom. The first-order chi connectivity index (χ1) is 33.2. The van der Waals surface area contributed by atoms with Gasteiger partial charge in [-0.15, -0.1) is 0 Å². The summed E-state index contributed by atoms with van der Waals surface area (Å²) in [6.07, 6.45) is 39.8. The molecule has 0 aromatic heterocycles. The topological polar surface area (TPSA) is 129 Å². The molecule has 2 rings (SSSR count). The van der Waals surface area contributed by atoms with Gasteiger partial charge in [0.05, 0.1) is 18.4 Å². The molecule has 0 amide bonds. The summed E-state index contributed by atoms with van der Waals surface area (Å²) in [5, 5.41) is 9.67. The molecular weight excluding hydrogens is 855 g/mol. The third kappa shape index (κ3) is 31.9. The standard InChI is InChI=1S/C58H107NO9/c1-5-9-13-17-19-25-33-49(31-23-15-11-7-3)57(63)67-53-41-37-51(38-42-53)65-55(61)35-27-21-29-45-59(47-48-60)46-30-22-28-36-56(62)66-52-39-43-54(44-40-52)68-58(64)50(32-24-16-12-8-4)34-26-20-18-14-10-6-2/h49-54,60H,5-48H2,1-4H3. The first kappa shape index (κ1) is 61.9. The molecule has 2 saturated carbocycles. The first-order valence-electron chi connectivity index (χ1n) is 29.4. The van der Waals surface area contributed by atoms with Crippen molar-refractivity contribution < 1.29 is 43.2 Å². The normalized spacial score (nSPS) is 19.4. The zero-order valence-corrected chi connectivity index (χ0v) is 44.7. The number of aliphatic hydroxyl groups is 1. The van der Waals surface area contributed by atoms with Gasteiger partial charge in [-0.1, -0.05) is 169 Å². The van der Waals surface area contributed by atoms with E-state index in [4.69, 9.17) is 18.9 Å². The molecular formula is C58H107NO9. The van der Waals surface area contributed by atoms with Gasteiger partial charge in [0.1, 0.15) is 24.4 Å². The van der Waals surface area contributed by atoms with Crippen molar-refractivity contribution in [2.75, 3.05) is 26.2 Å². The second kappa shape index (κ2) is 42.5. The zero-order valence-electron chi connectivity index (χ0n) is 44.7. The second-order valence-corrected chi connectivity index (χ2v) is 21.0. The molecule has 0 aromatic carbocycles. The van der Waals surface area contributed by atoms with Gasteiger partial charge in [0.2, 0.25) is 0 Å². The van der Waals surface area contributed by atoms with Crippen LogP contribution in [0.3, 0.4) is 0 Å². The first-order valence-corrected chi connectivity index (χ1v) is 29.4. The number of hydrogen-bond acceptors (Lipinski definition) is 10. The fourth-order valence-corrected chi connectivity index (χ4v) is 10.3. The van der Waals surface area contributed by atoms with E-state index in [1.807, 2.05) is 0 Å². The molecule has 0 bridgehead atoms. The van der Waals surface area contributed by atoms with Gasteiger partial charge in [-0.05, 0) is 116 Å². The molecule has 2 unspecified atom stereocenters. The monoisotopic (exact) mass is 962 g/mol. The Morgan fingerprint density at radius 3 is 0.985 bits per heavy atom. The van der Waals surface area contributed by atoms with E-state index in [2.05, 4.69) is 32.6 Å². The van der Waals surface area contributed by atoms with Crippen molar-refractivity contribution in [2.45, 2.75) is 309 Å². The summed E-state index contributed by atoms with van der Waals surface area (Å²) in [7, 11) is 0. The summed E-state index contributed by atoms with van der Waals surface area (Å²) < 4.78 is 23.8. The lowest BCUT2D eigenvalue weighted by molar-refractivity contribution is -0.161. The maximum Gasteiger partial charge on any atom is 0.309 e. The lowest BCUT2D eigenvalue weighted by Crippen LogP contribution is -2.31. The van der Waals surface area contributed by atoms with Crippen LogP contribution in [-0.4, -0.2) is 84.5 Å². The lowest BCUT2D eigenvalue weighted by Gasteiger charge is -2.29. The molecule has 0 heterocycles. The maximum atomic E-state index is 13.3. The molecule has 10 nitrogen and oxygen atoms in total. The molecule has 68 heavy (non-hydrogen) atoms. The summed E-state index contributed by atoms with van der Waals surface area (Å²) in [6, 6.07) is 0. The van der Waals surface area contributed by atoms with Crippen molar-refractivity contribution in [3.05, 3.63) is 0 Å². The van der Waals surface area contributed by atoms with Crippen molar-refractivity contribution in [1.29, 1.82) is 0 Å². The number of ether oxygens (including phenoxy) is 4. The summed E-state index contributed by atoms with van der Waals surface area (Å²) in [4.78, 5) is 54.2. The third-order valence-corrected chi connectivity index (χ3v) is 14.8. The minimum atomic E-state index is -0.133. The zero-order chi connectivity index (χ0) is 49.3. The van der Waals surface area contributed by atoms with Crippen LogP contribution in [0.2, 0.25) is 0 Å². The SMILES string of the molecule is CCCCCCCCC(CCCCCC)C(=O)OC1CCC(OC(=O)CCCCCN(CCO)CCCCCC(=O)OC2CCC(OC(=O)C(CCCCCC)CCCCCCCC)CC2)CC1. The van der Waals surface area contributed by atoms with Gasteiger partial charge < -0.3 is 29.0 Å². The molecule has 0 aromatic rings. The predicted octanol–water partition coefficient (Wildman–Crippen LogP) is 14.9. The minimum absolute atomic E-state index is 0.00762. The van der Waals surface area contributed by atoms with E-state index in [0.29, 0.717) is 19.4 Å². The Labute approximate surface area is 417 Å². The molecule has 1 N–H and O–H groups in total. The average Bonchev–Trinajstić information content (AvgIpc) is 3.33. The molecule has 398 valence electrons. The van der Waals surface area contributed by atoms with E-state index in [9.17, 15) is 24.3 Å². The van der Waals surface area contributed by atoms with Gasteiger partial charge in [0.25, 0.3) is 0 Å². The molecule has 0 radical (unpaired) electrons. The quantitative estimate of drug-likeness (QED) is 0.0358. The van der Waals surface area contributed by atoms with E-state index < -0.39 is 0 Å². The fraction of sp³-hybridized carbons (Fsp3) is 0.931. The van der Waals surface area contributed by atoms with Crippen molar-refractivity contribution >= 4 is 23.9 Å². The summed E-state index contributed by atoms with van der Waals surface area (Å²) >= 11 is 0. The Hall–Kier alpha value is -2.20.